The summed E-state index contributed by atoms with van der Waals surface area (Å²) in [6, 6.07) is 19.0. The molecule has 0 spiro atoms. The van der Waals surface area contributed by atoms with Gasteiger partial charge in [0.25, 0.3) is 0 Å². The number of aliphatic hydroxyl groups is 3. The predicted octanol–water partition coefficient (Wildman–Crippen LogP) is 1.23. The minimum atomic E-state index is -1.44. The quantitative estimate of drug-likeness (QED) is 0.688. The number of rotatable bonds is 7. The van der Waals surface area contributed by atoms with Crippen molar-refractivity contribution in [3.8, 4) is 0 Å². The van der Waals surface area contributed by atoms with Gasteiger partial charge in [0.2, 0.25) is 0 Å². The van der Waals surface area contributed by atoms with Crippen LogP contribution in [0.5, 0.6) is 0 Å². The summed E-state index contributed by atoms with van der Waals surface area (Å²) in [4.78, 5) is 0. The Morgan fingerprint density at radius 2 is 1.35 bits per heavy atom. The lowest BCUT2D eigenvalue weighted by molar-refractivity contribution is -0.298. The van der Waals surface area contributed by atoms with Gasteiger partial charge in [-0.05, 0) is 11.1 Å². The van der Waals surface area contributed by atoms with E-state index in [-0.39, 0.29) is 13.2 Å². The Labute approximate surface area is 152 Å². The maximum atomic E-state index is 10.5. The van der Waals surface area contributed by atoms with Crippen molar-refractivity contribution in [2.45, 2.75) is 43.9 Å². The third kappa shape index (κ3) is 4.88. The first kappa shape index (κ1) is 19.0. The molecule has 3 rings (SSSR count). The zero-order chi connectivity index (χ0) is 18.4. The van der Waals surface area contributed by atoms with Crippen LogP contribution in [0, 0.1) is 0 Å². The second kappa shape index (κ2) is 9.23. The molecule has 5 atom stereocenters. The summed E-state index contributed by atoms with van der Waals surface area (Å²) in [5, 5.41) is 30.5. The molecule has 26 heavy (non-hydrogen) atoms. The van der Waals surface area contributed by atoms with Crippen LogP contribution in [0.1, 0.15) is 11.1 Å². The van der Waals surface area contributed by atoms with E-state index >= 15 is 0 Å². The number of hydrogen-bond acceptors (Lipinski definition) is 6. The Morgan fingerprint density at radius 1 is 0.769 bits per heavy atom. The zero-order valence-corrected chi connectivity index (χ0v) is 14.3. The minimum Gasteiger partial charge on any atom is -0.387 e. The molecule has 0 saturated carbocycles. The summed E-state index contributed by atoms with van der Waals surface area (Å²) in [5.74, 6) is 0. The van der Waals surface area contributed by atoms with Crippen LogP contribution in [-0.4, -0.2) is 52.6 Å². The highest BCUT2D eigenvalue weighted by atomic mass is 16.7. The van der Waals surface area contributed by atoms with Gasteiger partial charge in [-0.2, -0.15) is 0 Å². The molecule has 6 nitrogen and oxygen atoms in total. The Bertz CT molecular complexity index is 650. The largest absolute Gasteiger partial charge is 0.387 e. The fourth-order valence-electron chi connectivity index (χ4n) is 2.88. The second-order valence-corrected chi connectivity index (χ2v) is 6.31. The summed E-state index contributed by atoms with van der Waals surface area (Å²) in [7, 11) is 0. The highest BCUT2D eigenvalue weighted by Gasteiger charge is 2.44. The molecule has 3 unspecified atom stereocenters. The first-order valence-corrected chi connectivity index (χ1v) is 8.62. The number of aliphatic hydroxyl groups excluding tert-OH is 3. The lowest BCUT2D eigenvalue weighted by Crippen LogP contribution is -2.59. The van der Waals surface area contributed by atoms with Crippen molar-refractivity contribution in [2.24, 2.45) is 0 Å². The van der Waals surface area contributed by atoms with E-state index in [1.807, 2.05) is 60.7 Å². The molecule has 1 aliphatic heterocycles. The maximum Gasteiger partial charge on any atom is 0.184 e. The smallest absolute Gasteiger partial charge is 0.184 e. The molecule has 140 valence electrons. The van der Waals surface area contributed by atoms with Crippen LogP contribution in [0.2, 0.25) is 0 Å². The van der Waals surface area contributed by atoms with Gasteiger partial charge in [-0.1, -0.05) is 60.7 Å². The van der Waals surface area contributed by atoms with Gasteiger partial charge in [0, 0.05) is 0 Å². The second-order valence-electron chi connectivity index (χ2n) is 6.31. The van der Waals surface area contributed by atoms with Crippen molar-refractivity contribution < 1.29 is 29.5 Å². The molecule has 1 aliphatic rings. The van der Waals surface area contributed by atoms with E-state index in [0.29, 0.717) is 6.61 Å². The van der Waals surface area contributed by atoms with Crippen molar-refractivity contribution in [3.63, 3.8) is 0 Å². The van der Waals surface area contributed by atoms with Gasteiger partial charge in [0.15, 0.2) is 6.29 Å². The van der Waals surface area contributed by atoms with E-state index < -0.39 is 30.7 Å². The van der Waals surface area contributed by atoms with Crippen LogP contribution < -0.4 is 0 Å². The van der Waals surface area contributed by atoms with Crippen LogP contribution in [0.25, 0.3) is 0 Å². The molecular weight excluding hydrogens is 336 g/mol. The van der Waals surface area contributed by atoms with Gasteiger partial charge in [-0.15, -0.1) is 0 Å². The topological polar surface area (TPSA) is 88.4 Å². The summed E-state index contributed by atoms with van der Waals surface area (Å²) >= 11 is 0. The van der Waals surface area contributed by atoms with Crippen LogP contribution >= 0.6 is 0 Å². The molecule has 0 aliphatic carbocycles. The Morgan fingerprint density at radius 3 is 1.96 bits per heavy atom. The molecule has 0 aromatic heterocycles. The Kier molecular flexibility index (Phi) is 6.73. The van der Waals surface area contributed by atoms with E-state index in [0.717, 1.165) is 11.1 Å². The zero-order valence-electron chi connectivity index (χ0n) is 14.3. The van der Waals surface area contributed by atoms with Gasteiger partial charge in [-0.25, -0.2) is 0 Å². The first-order valence-electron chi connectivity index (χ1n) is 8.62. The predicted molar refractivity (Wildman–Crippen MR) is 94.0 cm³/mol. The van der Waals surface area contributed by atoms with Gasteiger partial charge >= 0.3 is 0 Å². The Hall–Kier alpha value is -1.80. The molecular formula is C20H24O6. The van der Waals surface area contributed by atoms with E-state index in [1.54, 1.807) is 0 Å². The lowest BCUT2D eigenvalue weighted by atomic mass is 9.99. The fourth-order valence-corrected chi connectivity index (χ4v) is 2.88. The van der Waals surface area contributed by atoms with Gasteiger partial charge in [-0.3, -0.25) is 0 Å². The van der Waals surface area contributed by atoms with Gasteiger partial charge in [0.1, 0.15) is 24.4 Å². The van der Waals surface area contributed by atoms with E-state index in [9.17, 15) is 15.3 Å². The van der Waals surface area contributed by atoms with Crippen molar-refractivity contribution in [1.29, 1.82) is 0 Å². The normalized spacial score (nSPS) is 28.8. The standard InChI is InChI=1S/C20H24O6/c21-17-16(13-24-11-14-7-3-1-4-8-14)26-20(23)18(22)19(17)25-12-15-9-5-2-6-10-15/h1-10,16-23H,11-13H2/t16?,17-,18?,19?,20+/m1/s1. The van der Waals surface area contributed by atoms with Crippen LogP contribution in [0.4, 0.5) is 0 Å². The highest BCUT2D eigenvalue weighted by molar-refractivity contribution is 5.14. The summed E-state index contributed by atoms with van der Waals surface area (Å²) < 4.78 is 16.5. The molecule has 2 aromatic rings. The summed E-state index contributed by atoms with van der Waals surface area (Å²) in [6.07, 6.45) is -5.65. The molecule has 1 fully saturated rings. The third-order valence-corrected chi connectivity index (χ3v) is 4.34. The lowest BCUT2D eigenvalue weighted by Gasteiger charge is -2.40. The average molecular weight is 360 g/mol. The third-order valence-electron chi connectivity index (χ3n) is 4.34. The van der Waals surface area contributed by atoms with Crippen LogP contribution in [-0.2, 0) is 27.4 Å². The minimum absolute atomic E-state index is 0.0744. The van der Waals surface area contributed by atoms with E-state index in [4.69, 9.17) is 14.2 Å². The van der Waals surface area contributed by atoms with Crippen molar-refractivity contribution >= 4 is 0 Å². The summed E-state index contributed by atoms with van der Waals surface area (Å²) in [5.41, 5.74) is 1.90. The number of hydrogen-bond donors (Lipinski definition) is 3. The molecule has 0 radical (unpaired) electrons. The Balaban J connectivity index is 1.55. The maximum absolute atomic E-state index is 10.5. The van der Waals surface area contributed by atoms with Crippen LogP contribution in [0.3, 0.4) is 0 Å². The van der Waals surface area contributed by atoms with Crippen molar-refractivity contribution in [2.75, 3.05) is 6.61 Å². The monoisotopic (exact) mass is 360 g/mol. The molecule has 6 heteroatoms. The van der Waals surface area contributed by atoms with Crippen molar-refractivity contribution in [3.05, 3.63) is 71.8 Å². The molecule has 0 bridgehead atoms. The molecule has 3 N–H and O–H groups in total. The van der Waals surface area contributed by atoms with Crippen LogP contribution in [0.15, 0.2) is 60.7 Å². The molecule has 1 heterocycles. The fraction of sp³-hybridized carbons (Fsp3) is 0.400. The number of benzene rings is 2. The van der Waals surface area contributed by atoms with E-state index in [2.05, 4.69) is 0 Å². The molecule has 0 amide bonds. The van der Waals surface area contributed by atoms with Crippen molar-refractivity contribution in [1.82, 2.24) is 0 Å². The van der Waals surface area contributed by atoms with Gasteiger partial charge in [0.05, 0.1) is 19.8 Å². The molecule has 1 saturated heterocycles. The van der Waals surface area contributed by atoms with E-state index in [1.165, 1.54) is 0 Å². The highest BCUT2D eigenvalue weighted by Crippen LogP contribution is 2.24. The molecule has 2 aromatic carbocycles. The summed E-state index contributed by atoms with van der Waals surface area (Å²) in [6.45, 7) is 0.649. The SMILES string of the molecule is OC1C(OCc2ccccc2)[C@H](O)C(COCc2ccccc2)O[C@@H]1O. The van der Waals surface area contributed by atoms with Gasteiger partial charge < -0.3 is 29.5 Å². The first-order chi connectivity index (χ1) is 12.6. The average Bonchev–Trinajstić information content (AvgIpc) is 2.67. The number of ether oxygens (including phenoxy) is 3.